The number of para-hydroxylation sites is 1. The van der Waals surface area contributed by atoms with Crippen LogP contribution in [0.5, 0.6) is 5.75 Å². The summed E-state index contributed by atoms with van der Waals surface area (Å²) in [5, 5.41) is 5.61. The quantitative estimate of drug-likeness (QED) is 0.732. The second-order valence-corrected chi connectivity index (χ2v) is 7.55. The van der Waals surface area contributed by atoms with Crippen LogP contribution in [-0.2, 0) is 9.59 Å². The van der Waals surface area contributed by atoms with E-state index in [4.69, 9.17) is 4.74 Å². The molecule has 1 heterocycles. The zero-order valence-corrected chi connectivity index (χ0v) is 17.9. The van der Waals surface area contributed by atoms with Crippen molar-refractivity contribution in [3.05, 3.63) is 53.6 Å². The van der Waals surface area contributed by atoms with E-state index < -0.39 is 0 Å². The molecule has 0 atom stereocenters. The first kappa shape index (κ1) is 21.6. The number of ether oxygens (including phenoxy) is 1. The number of aryl methyl sites for hydroxylation is 2. The number of carbonyl (C=O) groups is 2. The minimum absolute atomic E-state index is 0.0293. The molecule has 1 aliphatic rings. The standard InChI is InChI=1S/C23H30N4O3/c1-17-5-4-6-18(2)23(17)25-21(28)15-24-22(29)16-26-11-13-27(14-12-26)19-7-9-20(30-3)10-8-19/h4-10H,11-16H2,1-3H3,(H,24,29)(H,25,28). The summed E-state index contributed by atoms with van der Waals surface area (Å²) < 4.78 is 5.20. The van der Waals surface area contributed by atoms with Crippen molar-refractivity contribution >= 4 is 23.2 Å². The molecule has 0 radical (unpaired) electrons. The van der Waals surface area contributed by atoms with Crippen molar-refractivity contribution in [3.8, 4) is 5.75 Å². The Morgan fingerprint density at radius 2 is 1.57 bits per heavy atom. The molecule has 0 bridgehead atoms. The van der Waals surface area contributed by atoms with Gasteiger partial charge >= 0.3 is 0 Å². The molecule has 160 valence electrons. The summed E-state index contributed by atoms with van der Waals surface area (Å²) in [6, 6.07) is 13.9. The molecule has 0 unspecified atom stereocenters. The summed E-state index contributed by atoms with van der Waals surface area (Å²) in [4.78, 5) is 28.9. The summed E-state index contributed by atoms with van der Waals surface area (Å²) >= 11 is 0. The van der Waals surface area contributed by atoms with Gasteiger partial charge in [-0.3, -0.25) is 14.5 Å². The summed E-state index contributed by atoms with van der Waals surface area (Å²) in [6.07, 6.45) is 0. The Kier molecular flexibility index (Phi) is 7.30. The molecule has 0 spiro atoms. The fourth-order valence-corrected chi connectivity index (χ4v) is 3.59. The van der Waals surface area contributed by atoms with Gasteiger partial charge in [-0.1, -0.05) is 18.2 Å². The van der Waals surface area contributed by atoms with Gasteiger partial charge in [0.15, 0.2) is 0 Å². The number of piperazine rings is 1. The van der Waals surface area contributed by atoms with Crippen molar-refractivity contribution in [2.24, 2.45) is 0 Å². The molecule has 0 aliphatic carbocycles. The van der Waals surface area contributed by atoms with E-state index in [0.29, 0.717) is 6.54 Å². The molecule has 0 aromatic heterocycles. The molecule has 2 aromatic carbocycles. The number of carbonyl (C=O) groups excluding carboxylic acids is 2. The molecule has 3 rings (SSSR count). The van der Waals surface area contributed by atoms with Gasteiger partial charge in [-0.25, -0.2) is 0 Å². The number of amides is 2. The molecule has 30 heavy (non-hydrogen) atoms. The van der Waals surface area contributed by atoms with Crippen LogP contribution < -0.4 is 20.3 Å². The van der Waals surface area contributed by atoms with E-state index in [1.165, 1.54) is 0 Å². The van der Waals surface area contributed by atoms with Crippen molar-refractivity contribution in [1.82, 2.24) is 10.2 Å². The third-order valence-electron chi connectivity index (χ3n) is 5.37. The van der Waals surface area contributed by atoms with Crippen molar-refractivity contribution < 1.29 is 14.3 Å². The Hall–Kier alpha value is -3.06. The van der Waals surface area contributed by atoms with Gasteiger partial charge < -0.3 is 20.3 Å². The van der Waals surface area contributed by atoms with Crippen LogP contribution in [0.3, 0.4) is 0 Å². The molecule has 1 aliphatic heterocycles. The normalized spacial score (nSPS) is 14.3. The van der Waals surface area contributed by atoms with Crippen molar-refractivity contribution in [2.75, 3.05) is 56.6 Å². The van der Waals surface area contributed by atoms with E-state index in [1.807, 2.05) is 44.2 Å². The zero-order valence-electron chi connectivity index (χ0n) is 17.9. The van der Waals surface area contributed by atoms with E-state index in [0.717, 1.165) is 54.4 Å². The minimum atomic E-state index is -0.218. The van der Waals surface area contributed by atoms with Crippen LogP contribution in [0.25, 0.3) is 0 Å². The van der Waals surface area contributed by atoms with Gasteiger partial charge in [-0.15, -0.1) is 0 Å². The largest absolute Gasteiger partial charge is 0.497 e. The molecular weight excluding hydrogens is 380 g/mol. The Balaban J connectivity index is 1.40. The van der Waals surface area contributed by atoms with E-state index in [-0.39, 0.29) is 18.4 Å². The maximum atomic E-state index is 12.3. The topological polar surface area (TPSA) is 73.9 Å². The molecule has 1 fully saturated rings. The van der Waals surface area contributed by atoms with Gasteiger partial charge in [-0.2, -0.15) is 0 Å². The molecule has 2 N–H and O–H groups in total. The van der Waals surface area contributed by atoms with Crippen LogP contribution in [0.2, 0.25) is 0 Å². The molecule has 7 heteroatoms. The van der Waals surface area contributed by atoms with Crippen LogP contribution in [0.1, 0.15) is 11.1 Å². The summed E-state index contributed by atoms with van der Waals surface area (Å²) in [6.45, 7) is 7.48. The number of hydrogen-bond acceptors (Lipinski definition) is 5. The van der Waals surface area contributed by atoms with Crippen LogP contribution in [0, 0.1) is 13.8 Å². The minimum Gasteiger partial charge on any atom is -0.497 e. The Bertz CT molecular complexity index is 854. The first-order chi connectivity index (χ1) is 14.5. The molecule has 2 amide bonds. The van der Waals surface area contributed by atoms with Gasteiger partial charge in [0, 0.05) is 37.6 Å². The second kappa shape index (κ2) is 10.1. The fraction of sp³-hybridized carbons (Fsp3) is 0.391. The predicted molar refractivity (Wildman–Crippen MR) is 119 cm³/mol. The Morgan fingerprint density at radius 1 is 0.933 bits per heavy atom. The summed E-state index contributed by atoms with van der Waals surface area (Å²) in [7, 11) is 1.66. The van der Waals surface area contributed by atoms with Gasteiger partial charge in [0.05, 0.1) is 20.2 Å². The van der Waals surface area contributed by atoms with Crippen LogP contribution >= 0.6 is 0 Å². The van der Waals surface area contributed by atoms with Crippen molar-refractivity contribution in [1.29, 1.82) is 0 Å². The lowest BCUT2D eigenvalue weighted by atomic mass is 10.1. The third-order valence-corrected chi connectivity index (χ3v) is 5.37. The Morgan fingerprint density at radius 3 is 2.17 bits per heavy atom. The smallest absolute Gasteiger partial charge is 0.243 e. The highest BCUT2D eigenvalue weighted by Crippen LogP contribution is 2.21. The lowest BCUT2D eigenvalue weighted by Gasteiger charge is -2.35. The highest BCUT2D eigenvalue weighted by molar-refractivity contribution is 5.95. The van der Waals surface area contributed by atoms with E-state index in [2.05, 4.69) is 32.6 Å². The number of rotatable bonds is 7. The van der Waals surface area contributed by atoms with Gasteiger partial charge in [0.1, 0.15) is 5.75 Å². The monoisotopic (exact) mass is 410 g/mol. The highest BCUT2D eigenvalue weighted by atomic mass is 16.5. The fourth-order valence-electron chi connectivity index (χ4n) is 3.59. The second-order valence-electron chi connectivity index (χ2n) is 7.55. The lowest BCUT2D eigenvalue weighted by molar-refractivity contribution is -0.125. The third kappa shape index (κ3) is 5.73. The van der Waals surface area contributed by atoms with E-state index in [1.54, 1.807) is 7.11 Å². The van der Waals surface area contributed by atoms with E-state index >= 15 is 0 Å². The number of benzene rings is 2. The number of methoxy groups -OCH3 is 1. The van der Waals surface area contributed by atoms with Crippen LogP contribution in [0.15, 0.2) is 42.5 Å². The summed E-state index contributed by atoms with van der Waals surface area (Å²) in [5.74, 6) is 0.491. The number of hydrogen-bond donors (Lipinski definition) is 2. The molecule has 1 saturated heterocycles. The maximum Gasteiger partial charge on any atom is 0.243 e. The van der Waals surface area contributed by atoms with Crippen molar-refractivity contribution in [2.45, 2.75) is 13.8 Å². The number of nitrogens with one attached hydrogen (secondary N) is 2. The summed E-state index contributed by atoms with van der Waals surface area (Å²) in [5.41, 5.74) is 3.98. The predicted octanol–water partition coefficient (Wildman–Crippen LogP) is 2.19. The number of nitrogens with zero attached hydrogens (tertiary/aromatic N) is 2. The van der Waals surface area contributed by atoms with E-state index in [9.17, 15) is 9.59 Å². The van der Waals surface area contributed by atoms with Gasteiger partial charge in [-0.05, 0) is 49.2 Å². The van der Waals surface area contributed by atoms with Gasteiger partial charge in [0.2, 0.25) is 11.8 Å². The van der Waals surface area contributed by atoms with Crippen LogP contribution in [0.4, 0.5) is 11.4 Å². The Labute approximate surface area is 178 Å². The average molecular weight is 411 g/mol. The molecular formula is C23H30N4O3. The average Bonchev–Trinajstić information content (AvgIpc) is 2.75. The maximum absolute atomic E-state index is 12.3. The molecule has 0 saturated carbocycles. The first-order valence-corrected chi connectivity index (χ1v) is 10.2. The van der Waals surface area contributed by atoms with Crippen molar-refractivity contribution in [3.63, 3.8) is 0 Å². The molecule has 7 nitrogen and oxygen atoms in total. The van der Waals surface area contributed by atoms with Crippen LogP contribution in [-0.4, -0.2) is 63.1 Å². The first-order valence-electron chi connectivity index (χ1n) is 10.2. The highest BCUT2D eigenvalue weighted by Gasteiger charge is 2.19. The number of anilines is 2. The van der Waals surface area contributed by atoms with Gasteiger partial charge in [0.25, 0.3) is 0 Å². The SMILES string of the molecule is COc1ccc(N2CCN(CC(=O)NCC(=O)Nc3c(C)cccc3C)CC2)cc1. The lowest BCUT2D eigenvalue weighted by Crippen LogP contribution is -2.50. The molecule has 2 aromatic rings. The zero-order chi connectivity index (χ0) is 21.5.